The molecule has 0 atom stereocenters. The van der Waals surface area contributed by atoms with Crippen molar-refractivity contribution < 1.29 is 19.2 Å². The molecule has 0 aliphatic carbocycles. The number of nitro benzene ring substituents is 1. The first kappa shape index (κ1) is 16.6. The summed E-state index contributed by atoms with van der Waals surface area (Å²) in [5.41, 5.74) is 0.220. The van der Waals surface area contributed by atoms with Gasteiger partial charge < -0.3 is 9.64 Å². The van der Waals surface area contributed by atoms with Crippen molar-refractivity contribution in [2.24, 2.45) is 0 Å². The third kappa shape index (κ3) is 4.87. The fourth-order valence-electron chi connectivity index (χ4n) is 1.79. The summed E-state index contributed by atoms with van der Waals surface area (Å²) in [4.78, 5) is 35.2. The minimum Gasteiger partial charge on any atom is -0.465 e. The summed E-state index contributed by atoms with van der Waals surface area (Å²) in [6.07, 6.45) is 0.693. The van der Waals surface area contributed by atoms with Crippen molar-refractivity contribution in [3.63, 3.8) is 0 Å². The smallest absolute Gasteiger partial charge is 0.325 e. The fraction of sp³-hybridized carbons (Fsp3) is 0.429. The quantitative estimate of drug-likeness (QED) is 0.436. The number of rotatable bonds is 7. The summed E-state index contributed by atoms with van der Waals surface area (Å²) in [7, 11) is 0. The van der Waals surface area contributed by atoms with Crippen LogP contribution in [0.2, 0.25) is 0 Å². The van der Waals surface area contributed by atoms with E-state index in [0.29, 0.717) is 18.5 Å². The lowest BCUT2D eigenvalue weighted by Crippen LogP contribution is -2.37. The SMILES string of the molecule is CCCN(CC(=O)OCC)C(=O)c1ccc([N+](=O)[O-])cc1. The Kier molecular flexibility index (Phi) is 6.32. The van der Waals surface area contributed by atoms with Crippen molar-refractivity contribution in [3.05, 3.63) is 39.9 Å². The van der Waals surface area contributed by atoms with Crippen molar-refractivity contribution in [1.82, 2.24) is 4.90 Å². The van der Waals surface area contributed by atoms with Crippen LogP contribution in [0.3, 0.4) is 0 Å². The number of carbonyl (C=O) groups is 2. The van der Waals surface area contributed by atoms with Gasteiger partial charge in [-0.25, -0.2) is 0 Å². The van der Waals surface area contributed by atoms with Crippen LogP contribution in [0.5, 0.6) is 0 Å². The third-order valence-electron chi connectivity index (χ3n) is 2.73. The second kappa shape index (κ2) is 7.98. The van der Waals surface area contributed by atoms with E-state index in [-0.39, 0.29) is 24.7 Å². The Morgan fingerprint density at radius 2 is 1.86 bits per heavy atom. The van der Waals surface area contributed by atoms with Gasteiger partial charge in [0, 0.05) is 24.2 Å². The number of non-ortho nitro benzene ring substituents is 1. The van der Waals surface area contributed by atoms with Crippen LogP contribution in [-0.4, -0.2) is 41.4 Å². The van der Waals surface area contributed by atoms with Gasteiger partial charge in [0.2, 0.25) is 0 Å². The van der Waals surface area contributed by atoms with Gasteiger partial charge in [-0.15, -0.1) is 0 Å². The molecule has 0 fully saturated rings. The van der Waals surface area contributed by atoms with E-state index in [1.54, 1.807) is 6.92 Å². The van der Waals surface area contributed by atoms with E-state index in [9.17, 15) is 19.7 Å². The van der Waals surface area contributed by atoms with Crippen LogP contribution in [0.1, 0.15) is 30.6 Å². The minimum absolute atomic E-state index is 0.0843. The zero-order valence-electron chi connectivity index (χ0n) is 12.1. The van der Waals surface area contributed by atoms with Gasteiger partial charge in [0.1, 0.15) is 6.54 Å². The Balaban J connectivity index is 2.84. The van der Waals surface area contributed by atoms with Crippen molar-refractivity contribution in [3.8, 4) is 0 Å². The monoisotopic (exact) mass is 294 g/mol. The Bertz CT molecular complexity index is 513. The highest BCUT2D eigenvalue weighted by atomic mass is 16.6. The van der Waals surface area contributed by atoms with Gasteiger partial charge in [0.15, 0.2) is 0 Å². The normalized spacial score (nSPS) is 10.0. The first-order chi connectivity index (χ1) is 9.99. The highest BCUT2D eigenvalue weighted by Gasteiger charge is 2.19. The van der Waals surface area contributed by atoms with Gasteiger partial charge in [-0.2, -0.15) is 0 Å². The number of hydrogen-bond donors (Lipinski definition) is 0. The maximum absolute atomic E-state index is 12.3. The number of carbonyl (C=O) groups excluding carboxylic acids is 2. The molecule has 1 aromatic rings. The Hall–Kier alpha value is -2.44. The topological polar surface area (TPSA) is 89.8 Å². The Morgan fingerprint density at radius 1 is 1.24 bits per heavy atom. The average molecular weight is 294 g/mol. The number of hydrogen-bond acceptors (Lipinski definition) is 5. The van der Waals surface area contributed by atoms with Gasteiger partial charge in [0.25, 0.3) is 11.6 Å². The lowest BCUT2D eigenvalue weighted by Gasteiger charge is -2.21. The molecule has 7 heteroatoms. The number of ether oxygens (including phenoxy) is 1. The number of amides is 1. The average Bonchev–Trinajstić information content (AvgIpc) is 2.46. The minimum atomic E-state index is -0.531. The van der Waals surface area contributed by atoms with Crippen molar-refractivity contribution in [2.75, 3.05) is 19.7 Å². The highest BCUT2D eigenvalue weighted by Crippen LogP contribution is 2.13. The van der Waals surface area contributed by atoms with Crippen LogP contribution in [0, 0.1) is 10.1 Å². The molecule has 0 heterocycles. The molecule has 0 N–H and O–H groups in total. The molecule has 1 amide bonds. The molecule has 1 rings (SSSR count). The number of nitro groups is 1. The molecule has 0 saturated heterocycles. The van der Waals surface area contributed by atoms with Crippen LogP contribution >= 0.6 is 0 Å². The lowest BCUT2D eigenvalue weighted by molar-refractivity contribution is -0.384. The second-order valence-corrected chi connectivity index (χ2v) is 4.34. The van der Waals surface area contributed by atoms with E-state index in [1.807, 2.05) is 6.92 Å². The van der Waals surface area contributed by atoms with E-state index in [1.165, 1.54) is 29.2 Å². The predicted molar refractivity (Wildman–Crippen MR) is 75.9 cm³/mol. The summed E-state index contributed by atoms with van der Waals surface area (Å²) in [6, 6.07) is 5.30. The van der Waals surface area contributed by atoms with Crippen LogP contribution in [0.25, 0.3) is 0 Å². The Labute approximate surface area is 122 Å². The zero-order chi connectivity index (χ0) is 15.8. The zero-order valence-corrected chi connectivity index (χ0v) is 12.1. The summed E-state index contributed by atoms with van der Waals surface area (Å²) in [6.45, 7) is 4.12. The molecule has 0 unspecified atom stereocenters. The van der Waals surface area contributed by atoms with Crippen molar-refractivity contribution in [2.45, 2.75) is 20.3 Å². The first-order valence-electron chi connectivity index (χ1n) is 6.68. The standard InChI is InChI=1S/C14H18N2O5/c1-3-9-15(10-13(17)21-4-2)14(18)11-5-7-12(8-6-11)16(19)20/h5-8H,3-4,9-10H2,1-2H3. The third-order valence-corrected chi connectivity index (χ3v) is 2.73. The van der Waals surface area contributed by atoms with Crippen LogP contribution < -0.4 is 0 Å². The maximum Gasteiger partial charge on any atom is 0.325 e. The summed E-state index contributed by atoms with van der Waals surface area (Å²) in [5.74, 6) is -0.819. The molecule has 0 aromatic heterocycles. The van der Waals surface area contributed by atoms with Crippen LogP contribution in [0.15, 0.2) is 24.3 Å². The molecule has 0 saturated carbocycles. The molecule has 21 heavy (non-hydrogen) atoms. The number of esters is 1. The van der Waals surface area contributed by atoms with E-state index in [2.05, 4.69) is 0 Å². The summed E-state index contributed by atoms with van der Waals surface area (Å²) in [5, 5.41) is 10.6. The van der Waals surface area contributed by atoms with Gasteiger partial charge in [0.05, 0.1) is 11.5 Å². The molecular formula is C14H18N2O5. The molecule has 0 aliphatic heterocycles. The van der Waals surface area contributed by atoms with Gasteiger partial charge in [-0.1, -0.05) is 6.92 Å². The molecule has 1 aromatic carbocycles. The summed E-state index contributed by atoms with van der Waals surface area (Å²) >= 11 is 0. The van der Waals surface area contributed by atoms with Gasteiger partial charge in [-0.3, -0.25) is 19.7 Å². The molecule has 0 aliphatic rings. The van der Waals surface area contributed by atoms with Crippen molar-refractivity contribution in [1.29, 1.82) is 0 Å². The van der Waals surface area contributed by atoms with E-state index in [0.717, 1.165) is 0 Å². The van der Waals surface area contributed by atoms with E-state index < -0.39 is 10.9 Å². The highest BCUT2D eigenvalue weighted by molar-refractivity contribution is 5.96. The molecular weight excluding hydrogens is 276 g/mol. The van der Waals surface area contributed by atoms with Gasteiger partial charge in [-0.05, 0) is 25.5 Å². The maximum atomic E-state index is 12.3. The van der Waals surface area contributed by atoms with Crippen LogP contribution in [0.4, 0.5) is 5.69 Å². The molecule has 114 valence electrons. The fourth-order valence-corrected chi connectivity index (χ4v) is 1.79. The van der Waals surface area contributed by atoms with E-state index >= 15 is 0 Å². The van der Waals surface area contributed by atoms with Gasteiger partial charge >= 0.3 is 5.97 Å². The van der Waals surface area contributed by atoms with Crippen molar-refractivity contribution >= 4 is 17.6 Å². The molecule has 0 bridgehead atoms. The number of benzene rings is 1. The molecule has 0 radical (unpaired) electrons. The number of nitrogens with zero attached hydrogens (tertiary/aromatic N) is 2. The lowest BCUT2D eigenvalue weighted by atomic mass is 10.1. The van der Waals surface area contributed by atoms with Crippen LogP contribution in [-0.2, 0) is 9.53 Å². The summed E-state index contributed by atoms with van der Waals surface area (Å²) < 4.78 is 4.83. The largest absolute Gasteiger partial charge is 0.465 e. The Morgan fingerprint density at radius 3 is 2.33 bits per heavy atom. The predicted octanol–water partition coefficient (Wildman–Crippen LogP) is 2.01. The van der Waals surface area contributed by atoms with E-state index in [4.69, 9.17) is 4.74 Å². The molecule has 7 nitrogen and oxygen atoms in total. The molecule has 0 spiro atoms. The first-order valence-corrected chi connectivity index (χ1v) is 6.68. The second-order valence-electron chi connectivity index (χ2n) is 4.34.